The SMILES string of the molecule is c1ccc2c(N3CCCCCC3)nc(NCCN3CCCC3)nc2c1. The van der Waals surface area contributed by atoms with E-state index in [0.29, 0.717) is 0 Å². The van der Waals surface area contributed by atoms with Gasteiger partial charge >= 0.3 is 0 Å². The Morgan fingerprint density at radius 3 is 2.36 bits per heavy atom. The number of hydrogen-bond donors (Lipinski definition) is 1. The lowest BCUT2D eigenvalue weighted by Crippen LogP contribution is -2.27. The molecule has 0 spiro atoms. The van der Waals surface area contributed by atoms with Crippen LogP contribution in [0.25, 0.3) is 10.9 Å². The maximum Gasteiger partial charge on any atom is 0.225 e. The molecule has 0 aliphatic carbocycles. The van der Waals surface area contributed by atoms with Crippen LogP contribution in [0.1, 0.15) is 38.5 Å². The van der Waals surface area contributed by atoms with Crippen LogP contribution in [0.4, 0.5) is 11.8 Å². The summed E-state index contributed by atoms with van der Waals surface area (Å²) in [7, 11) is 0. The molecular formula is C20H29N5. The molecule has 0 bridgehead atoms. The summed E-state index contributed by atoms with van der Waals surface area (Å²) in [5, 5.41) is 4.64. The first-order valence-corrected chi connectivity index (χ1v) is 9.88. The number of hydrogen-bond acceptors (Lipinski definition) is 5. The van der Waals surface area contributed by atoms with E-state index < -0.39 is 0 Å². The molecule has 25 heavy (non-hydrogen) atoms. The fraction of sp³-hybridized carbons (Fsp3) is 0.600. The van der Waals surface area contributed by atoms with Crippen LogP contribution in [0, 0.1) is 0 Å². The maximum absolute atomic E-state index is 4.92. The van der Waals surface area contributed by atoms with Crippen LogP contribution in [-0.4, -0.2) is 54.1 Å². The van der Waals surface area contributed by atoms with E-state index in [1.807, 2.05) is 0 Å². The summed E-state index contributed by atoms with van der Waals surface area (Å²) >= 11 is 0. The monoisotopic (exact) mass is 339 g/mol. The topological polar surface area (TPSA) is 44.3 Å². The van der Waals surface area contributed by atoms with Gasteiger partial charge in [-0.1, -0.05) is 25.0 Å². The molecule has 0 unspecified atom stereocenters. The van der Waals surface area contributed by atoms with Gasteiger partial charge in [0.05, 0.1) is 5.52 Å². The minimum Gasteiger partial charge on any atom is -0.356 e. The van der Waals surface area contributed by atoms with Crippen LogP contribution in [-0.2, 0) is 0 Å². The lowest BCUT2D eigenvalue weighted by molar-refractivity contribution is 0.352. The van der Waals surface area contributed by atoms with Gasteiger partial charge in [-0.2, -0.15) is 4.98 Å². The zero-order chi connectivity index (χ0) is 16.9. The Kier molecular flexibility index (Phi) is 5.31. The second-order valence-electron chi connectivity index (χ2n) is 7.26. The molecule has 0 radical (unpaired) electrons. The molecular weight excluding hydrogens is 310 g/mol. The van der Waals surface area contributed by atoms with E-state index in [9.17, 15) is 0 Å². The molecule has 2 aliphatic rings. The van der Waals surface area contributed by atoms with Gasteiger partial charge in [-0.3, -0.25) is 0 Å². The van der Waals surface area contributed by atoms with E-state index in [-0.39, 0.29) is 0 Å². The summed E-state index contributed by atoms with van der Waals surface area (Å²) in [4.78, 5) is 14.6. The zero-order valence-corrected chi connectivity index (χ0v) is 15.1. The summed E-state index contributed by atoms with van der Waals surface area (Å²) in [6, 6.07) is 8.41. The number of aromatic nitrogens is 2. The van der Waals surface area contributed by atoms with E-state index in [1.165, 1.54) is 57.0 Å². The highest BCUT2D eigenvalue weighted by Crippen LogP contribution is 2.27. The van der Waals surface area contributed by atoms with Gasteiger partial charge in [0, 0.05) is 31.6 Å². The summed E-state index contributed by atoms with van der Waals surface area (Å²) in [5.74, 6) is 1.88. The van der Waals surface area contributed by atoms with E-state index in [1.54, 1.807) is 0 Å². The van der Waals surface area contributed by atoms with E-state index in [0.717, 1.165) is 43.5 Å². The first-order valence-electron chi connectivity index (χ1n) is 9.88. The first kappa shape index (κ1) is 16.6. The lowest BCUT2D eigenvalue weighted by Gasteiger charge is -2.23. The van der Waals surface area contributed by atoms with Crippen molar-refractivity contribution < 1.29 is 0 Å². The number of rotatable bonds is 5. The highest BCUT2D eigenvalue weighted by atomic mass is 15.2. The van der Waals surface area contributed by atoms with Crippen LogP contribution in [0.2, 0.25) is 0 Å². The minimum atomic E-state index is 0.775. The van der Waals surface area contributed by atoms with Crippen molar-refractivity contribution in [2.24, 2.45) is 0 Å². The van der Waals surface area contributed by atoms with Gasteiger partial charge in [0.25, 0.3) is 0 Å². The fourth-order valence-electron chi connectivity index (χ4n) is 3.99. The third-order valence-electron chi connectivity index (χ3n) is 5.40. The number of nitrogens with zero attached hydrogens (tertiary/aromatic N) is 4. The molecule has 0 atom stereocenters. The summed E-state index contributed by atoms with van der Waals surface area (Å²) < 4.78 is 0. The first-order chi connectivity index (χ1) is 12.4. The molecule has 2 aromatic rings. The van der Waals surface area contributed by atoms with E-state index >= 15 is 0 Å². The van der Waals surface area contributed by atoms with E-state index in [4.69, 9.17) is 9.97 Å². The van der Waals surface area contributed by atoms with Crippen LogP contribution < -0.4 is 10.2 Å². The highest BCUT2D eigenvalue weighted by molar-refractivity contribution is 5.90. The quantitative estimate of drug-likeness (QED) is 0.903. The van der Waals surface area contributed by atoms with Crippen molar-refractivity contribution >= 4 is 22.7 Å². The predicted octanol–water partition coefficient (Wildman–Crippen LogP) is 3.52. The lowest BCUT2D eigenvalue weighted by atomic mass is 10.2. The maximum atomic E-state index is 4.92. The average molecular weight is 339 g/mol. The standard InChI is InChI=1S/C20H29N5/c1-2-6-15-25(14-5-1)19-17-9-3-4-10-18(17)22-20(23-19)21-11-16-24-12-7-8-13-24/h3-4,9-10H,1-2,5-8,11-16H2,(H,21,22,23). The summed E-state index contributed by atoms with van der Waals surface area (Å²) in [6.07, 6.45) is 7.87. The van der Waals surface area contributed by atoms with Crippen LogP contribution >= 0.6 is 0 Å². The third-order valence-corrected chi connectivity index (χ3v) is 5.40. The molecule has 0 amide bonds. The van der Waals surface area contributed by atoms with Gasteiger partial charge in [0.15, 0.2) is 0 Å². The van der Waals surface area contributed by atoms with Gasteiger partial charge in [-0.15, -0.1) is 0 Å². The largest absolute Gasteiger partial charge is 0.356 e. The molecule has 134 valence electrons. The Balaban J connectivity index is 1.54. The number of para-hydroxylation sites is 1. The van der Waals surface area contributed by atoms with Crippen molar-refractivity contribution in [2.45, 2.75) is 38.5 Å². The molecule has 5 heteroatoms. The molecule has 0 saturated carbocycles. The van der Waals surface area contributed by atoms with Crippen LogP contribution in [0.3, 0.4) is 0 Å². The van der Waals surface area contributed by atoms with Crippen molar-refractivity contribution in [3.63, 3.8) is 0 Å². The zero-order valence-electron chi connectivity index (χ0n) is 15.1. The minimum absolute atomic E-state index is 0.775. The molecule has 1 N–H and O–H groups in total. The molecule has 2 aliphatic heterocycles. The average Bonchev–Trinajstić information content (AvgIpc) is 3.01. The molecule has 1 aromatic carbocycles. The van der Waals surface area contributed by atoms with Crippen molar-refractivity contribution in [3.8, 4) is 0 Å². The van der Waals surface area contributed by atoms with Crippen LogP contribution in [0.5, 0.6) is 0 Å². The van der Waals surface area contributed by atoms with Crippen molar-refractivity contribution in [1.29, 1.82) is 0 Å². The third kappa shape index (κ3) is 4.03. The van der Waals surface area contributed by atoms with Crippen molar-refractivity contribution in [3.05, 3.63) is 24.3 Å². The summed E-state index contributed by atoms with van der Waals surface area (Å²) in [6.45, 7) is 6.67. The smallest absolute Gasteiger partial charge is 0.225 e. The number of benzene rings is 1. The van der Waals surface area contributed by atoms with E-state index in [2.05, 4.69) is 39.4 Å². The van der Waals surface area contributed by atoms with Crippen molar-refractivity contribution in [1.82, 2.24) is 14.9 Å². The molecule has 5 nitrogen and oxygen atoms in total. The van der Waals surface area contributed by atoms with Gasteiger partial charge in [-0.05, 0) is 50.9 Å². The van der Waals surface area contributed by atoms with Gasteiger partial charge < -0.3 is 15.1 Å². The van der Waals surface area contributed by atoms with Crippen LogP contribution in [0.15, 0.2) is 24.3 Å². The molecule has 2 fully saturated rings. The Morgan fingerprint density at radius 2 is 1.56 bits per heavy atom. The van der Waals surface area contributed by atoms with Crippen molar-refractivity contribution in [2.75, 3.05) is 49.5 Å². The Bertz CT molecular complexity index is 688. The van der Waals surface area contributed by atoms with Gasteiger partial charge in [0.2, 0.25) is 5.95 Å². The summed E-state index contributed by atoms with van der Waals surface area (Å²) in [5.41, 5.74) is 1.04. The predicted molar refractivity (Wildman–Crippen MR) is 104 cm³/mol. The second-order valence-corrected chi connectivity index (χ2v) is 7.26. The Morgan fingerprint density at radius 1 is 0.840 bits per heavy atom. The molecule has 3 heterocycles. The highest BCUT2D eigenvalue weighted by Gasteiger charge is 2.16. The normalized spacial score (nSPS) is 19.3. The number of anilines is 2. The molecule has 1 aromatic heterocycles. The Labute approximate surface area is 150 Å². The number of nitrogens with one attached hydrogen (secondary N) is 1. The molecule has 2 saturated heterocycles. The number of likely N-dealkylation sites (tertiary alicyclic amines) is 1. The number of fused-ring (bicyclic) bond motifs is 1. The Hall–Kier alpha value is -1.88. The molecule has 4 rings (SSSR count). The second kappa shape index (κ2) is 8.00. The van der Waals surface area contributed by atoms with Gasteiger partial charge in [0.1, 0.15) is 5.82 Å². The fourth-order valence-corrected chi connectivity index (χ4v) is 3.99. The van der Waals surface area contributed by atoms with Gasteiger partial charge in [-0.25, -0.2) is 4.98 Å².